The van der Waals surface area contributed by atoms with E-state index in [9.17, 15) is 9.59 Å². The van der Waals surface area contributed by atoms with E-state index in [-0.39, 0.29) is 24.7 Å². The second kappa shape index (κ2) is 7.39. The van der Waals surface area contributed by atoms with Gasteiger partial charge >= 0.3 is 0 Å². The number of aromatic nitrogens is 4. The first-order chi connectivity index (χ1) is 12.1. The molecule has 2 heterocycles. The van der Waals surface area contributed by atoms with Crippen LogP contribution in [0, 0.1) is 0 Å². The normalized spacial score (nSPS) is 10.4. The molecular formula is C16H16N6O3. The summed E-state index contributed by atoms with van der Waals surface area (Å²) in [5.74, 6) is 0.268. The Morgan fingerprint density at radius 1 is 1.20 bits per heavy atom. The summed E-state index contributed by atoms with van der Waals surface area (Å²) in [6.07, 6.45) is 1.54. The Kier molecular flexibility index (Phi) is 4.84. The van der Waals surface area contributed by atoms with Crippen LogP contribution in [0.15, 0.2) is 47.2 Å². The number of nitrogens with zero attached hydrogens (tertiary/aromatic N) is 4. The Morgan fingerprint density at radius 2 is 2.00 bits per heavy atom. The SMILES string of the molecule is Cn1cnnc1CNC(=O)CNC(=O)c1cc(-c2ccccc2)on1. The topological polar surface area (TPSA) is 115 Å². The summed E-state index contributed by atoms with van der Waals surface area (Å²) in [5.41, 5.74) is 0.926. The third-order valence-electron chi connectivity index (χ3n) is 3.46. The minimum Gasteiger partial charge on any atom is -0.355 e. The van der Waals surface area contributed by atoms with Crippen molar-refractivity contribution in [3.8, 4) is 11.3 Å². The highest BCUT2D eigenvalue weighted by molar-refractivity contribution is 5.95. The number of hydrogen-bond donors (Lipinski definition) is 2. The van der Waals surface area contributed by atoms with Crippen LogP contribution in [0.3, 0.4) is 0 Å². The molecule has 3 aromatic rings. The number of amides is 2. The Labute approximate surface area is 143 Å². The van der Waals surface area contributed by atoms with Gasteiger partial charge in [0.15, 0.2) is 17.3 Å². The Bertz CT molecular complexity index is 871. The van der Waals surface area contributed by atoms with Gasteiger partial charge in [0, 0.05) is 18.7 Å². The lowest BCUT2D eigenvalue weighted by Gasteiger charge is -2.05. The predicted octanol–water partition coefficient (Wildman–Crippen LogP) is 0.516. The molecule has 0 atom stereocenters. The van der Waals surface area contributed by atoms with Gasteiger partial charge in [-0.1, -0.05) is 35.5 Å². The van der Waals surface area contributed by atoms with Crippen LogP contribution >= 0.6 is 0 Å². The molecule has 9 nitrogen and oxygen atoms in total. The molecule has 0 bridgehead atoms. The molecule has 2 amide bonds. The largest absolute Gasteiger partial charge is 0.355 e. The summed E-state index contributed by atoms with van der Waals surface area (Å²) < 4.78 is 6.85. The van der Waals surface area contributed by atoms with E-state index in [1.165, 1.54) is 12.4 Å². The minimum atomic E-state index is -0.486. The van der Waals surface area contributed by atoms with Crippen LogP contribution < -0.4 is 10.6 Å². The van der Waals surface area contributed by atoms with Gasteiger partial charge in [-0.15, -0.1) is 10.2 Å². The maximum Gasteiger partial charge on any atom is 0.273 e. The lowest BCUT2D eigenvalue weighted by molar-refractivity contribution is -0.120. The smallest absolute Gasteiger partial charge is 0.273 e. The number of rotatable bonds is 6. The zero-order valence-corrected chi connectivity index (χ0v) is 13.5. The standard InChI is InChI=1S/C16H16N6O3/c1-22-10-19-20-14(22)8-17-15(23)9-18-16(24)12-7-13(25-21-12)11-5-3-2-4-6-11/h2-7,10H,8-9H2,1H3,(H,17,23)(H,18,24). The van der Waals surface area contributed by atoms with Crippen molar-refractivity contribution in [1.29, 1.82) is 0 Å². The molecule has 2 N–H and O–H groups in total. The van der Waals surface area contributed by atoms with Crippen LogP contribution in [0.25, 0.3) is 11.3 Å². The van der Waals surface area contributed by atoms with Crippen molar-refractivity contribution in [1.82, 2.24) is 30.6 Å². The Balaban J connectivity index is 1.50. The third-order valence-corrected chi connectivity index (χ3v) is 3.46. The average Bonchev–Trinajstić information content (AvgIpc) is 3.28. The predicted molar refractivity (Wildman–Crippen MR) is 87.1 cm³/mol. The number of aryl methyl sites for hydroxylation is 1. The van der Waals surface area contributed by atoms with Gasteiger partial charge in [-0.25, -0.2) is 0 Å². The van der Waals surface area contributed by atoms with E-state index < -0.39 is 5.91 Å². The first-order valence-corrected chi connectivity index (χ1v) is 7.53. The highest BCUT2D eigenvalue weighted by Crippen LogP contribution is 2.19. The van der Waals surface area contributed by atoms with Crippen molar-refractivity contribution in [2.24, 2.45) is 7.05 Å². The zero-order chi connectivity index (χ0) is 17.6. The minimum absolute atomic E-state index is 0.111. The molecule has 0 unspecified atom stereocenters. The van der Waals surface area contributed by atoms with Crippen LogP contribution in [0.1, 0.15) is 16.3 Å². The maximum atomic E-state index is 12.0. The van der Waals surface area contributed by atoms with Gasteiger partial charge in [-0.3, -0.25) is 9.59 Å². The number of benzene rings is 1. The van der Waals surface area contributed by atoms with E-state index in [1.807, 2.05) is 30.3 Å². The fourth-order valence-corrected chi connectivity index (χ4v) is 2.08. The maximum absolute atomic E-state index is 12.0. The van der Waals surface area contributed by atoms with Crippen LogP contribution in [-0.2, 0) is 18.4 Å². The molecule has 0 saturated heterocycles. The van der Waals surface area contributed by atoms with E-state index >= 15 is 0 Å². The van der Waals surface area contributed by atoms with Gasteiger partial charge in [0.1, 0.15) is 6.33 Å². The molecule has 2 aromatic heterocycles. The van der Waals surface area contributed by atoms with Crippen LogP contribution in [0.5, 0.6) is 0 Å². The summed E-state index contributed by atoms with van der Waals surface area (Å²) in [6.45, 7) is 0.0531. The molecule has 9 heteroatoms. The number of hydrogen-bond acceptors (Lipinski definition) is 6. The molecule has 0 fully saturated rings. The van der Waals surface area contributed by atoms with Crippen LogP contribution in [0.2, 0.25) is 0 Å². The summed E-state index contributed by atoms with van der Waals surface area (Å²) in [7, 11) is 1.78. The van der Waals surface area contributed by atoms with Crippen molar-refractivity contribution >= 4 is 11.8 Å². The number of carbonyl (C=O) groups excluding carboxylic acids is 2. The molecule has 0 radical (unpaired) electrons. The number of nitrogens with one attached hydrogen (secondary N) is 2. The van der Waals surface area contributed by atoms with Gasteiger partial charge in [-0.05, 0) is 0 Å². The molecule has 25 heavy (non-hydrogen) atoms. The first kappa shape index (κ1) is 16.4. The summed E-state index contributed by atoms with van der Waals surface area (Å²) >= 11 is 0. The fraction of sp³-hybridized carbons (Fsp3) is 0.188. The second-order valence-corrected chi connectivity index (χ2v) is 5.26. The molecular weight excluding hydrogens is 324 g/mol. The van der Waals surface area contributed by atoms with Gasteiger partial charge in [0.2, 0.25) is 5.91 Å². The average molecular weight is 340 g/mol. The molecule has 0 aliphatic carbocycles. The lowest BCUT2D eigenvalue weighted by Crippen LogP contribution is -2.37. The summed E-state index contributed by atoms with van der Waals surface area (Å²) in [5, 5.41) is 16.4. The molecule has 3 rings (SSSR count). The van der Waals surface area contributed by atoms with Crippen molar-refractivity contribution in [3.05, 3.63) is 54.2 Å². The lowest BCUT2D eigenvalue weighted by atomic mass is 10.1. The quantitative estimate of drug-likeness (QED) is 0.676. The van der Waals surface area contributed by atoms with Gasteiger partial charge in [0.05, 0.1) is 13.1 Å². The van der Waals surface area contributed by atoms with Crippen LogP contribution in [0.4, 0.5) is 0 Å². The van der Waals surface area contributed by atoms with E-state index in [1.54, 1.807) is 11.6 Å². The monoisotopic (exact) mass is 340 g/mol. The molecule has 0 aliphatic rings. The molecule has 0 saturated carbocycles. The zero-order valence-electron chi connectivity index (χ0n) is 13.5. The third kappa shape index (κ3) is 4.08. The van der Waals surface area contributed by atoms with E-state index in [0.717, 1.165) is 5.56 Å². The van der Waals surface area contributed by atoms with E-state index in [2.05, 4.69) is 26.0 Å². The molecule has 0 aliphatic heterocycles. The second-order valence-electron chi connectivity index (χ2n) is 5.26. The number of carbonyl (C=O) groups is 2. The Morgan fingerprint density at radius 3 is 2.72 bits per heavy atom. The van der Waals surface area contributed by atoms with Gasteiger partial charge in [-0.2, -0.15) is 0 Å². The van der Waals surface area contributed by atoms with Crippen LogP contribution in [-0.4, -0.2) is 38.3 Å². The molecule has 1 aromatic carbocycles. The summed E-state index contributed by atoms with van der Waals surface area (Å²) in [6, 6.07) is 10.8. The van der Waals surface area contributed by atoms with Crippen molar-refractivity contribution in [2.75, 3.05) is 6.54 Å². The highest BCUT2D eigenvalue weighted by atomic mass is 16.5. The van der Waals surface area contributed by atoms with Crippen molar-refractivity contribution in [2.45, 2.75) is 6.54 Å². The van der Waals surface area contributed by atoms with Crippen molar-refractivity contribution < 1.29 is 14.1 Å². The highest BCUT2D eigenvalue weighted by Gasteiger charge is 2.14. The molecule has 128 valence electrons. The van der Waals surface area contributed by atoms with Gasteiger partial charge in [0.25, 0.3) is 5.91 Å². The fourth-order valence-electron chi connectivity index (χ4n) is 2.08. The van der Waals surface area contributed by atoms with Gasteiger partial charge < -0.3 is 19.7 Å². The van der Waals surface area contributed by atoms with E-state index in [0.29, 0.717) is 11.6 Å². The van der Waals surface area contributed by atoms with Crippen molar-refractivity contribution in [3.63, 3.8) is 0 Å². The first-order valence-electron chi connectivity index (χ1n) is 7.53. The van der Waals surface area contributed by atoms with E-state index in [4.69, 9.17) is 4.52 Å². The molecule has 0 spiro atoms. The summed E-state index contributed by atoms with van der Waals surface area (Å²) in [4.78, 5) is 23.8. The Hall–Kier alpha value is -3.49.